The van der Waals surface area contributed by atoms with Crippen molar-refractivity contribution in [1.29, 1.82) is 0 Å². The summed E-state index contributed by atoms with van der Waals surface area (Å²) in [5.74, 6) is 0. The molecule has 0 aromatic carbocycles. The van der Waals surface area contributed by atoms with Gasteiger partial charge < -0.3 is 5.73 Å². The van der Waals surface area contributed by atoms with Gasteiger partial charge in [-0.25, -0.2) is 0 Å². The quantitative estimate of drug-likeness (QED) is 0.566. The van der Waals surface area contributed by atoms with Gasteiger partial charge in [0.1, 0.15) is 0 Å². The van der Waals surface area contributed by atoms with Gasteiger partial charge in [0.2, 0.25) is 0 Å². The van der Waals surface area contributed by atoms with Crippen LogP contribution >= 0.6 is 0 Å². The van der Waals surface area contributed by atoms with Crippen molar-refractivity contribution < 1.29 is 0 Å². The average Bonchev–Trinajstić information content (AvgIpc) is 1.89. The zero-order chi connectivity index (χ0) is 6.54. The first kappa shape index (κ1) is 5.72. The Balaban J connectivity index is 2.16. The largest absolute Gasteiger partial charge is 0.325 e. The van der Waals surface area contributed by atoms with E-state index in [1.807, 2.05) is 0 Å². The summed E-state index contributed by atoms with van der Waals surface area (Å²) in [5, 5.41) is 0. The Morgan fingerprint density at radius 2 is 1.78 bits per heavy atom. The SMILES string of the molecule is CCC12CCC1(N)CC2. The van der Waals surface area contributed by atoms with E-state index in [-0.39, 0.29) is 0 Å². The summed E-state index contributed by atoms with van der Waals surface area (Å²) < 4.78 is 0. The average molecular weight is 125 g/mol. The second kappa shape index (κ2) is 1.34. The van der Waals surface area contributed by atoms with E-state index >= 15 is 0 Å². The normalized spacial score (nSPS) is 55.3. The molecule has 2 fully saturated rings. The minimum atomic E-state index is 0.307. The van der Waals surface area contributed by atoms with Crippen LogP contribution in [0.15, 0.2) is 0 Å². The number of hydrogen-bond donors (Lipinski definition) is 1. The number of fused-ring (bicyclic) bond motifs is 1. The Morgan fingerprint density at radius 3 is 1.78 bits per heavy atom. The lowest BCUT2D eigenvalue weighted by molar-refractivity contribution is -0.105. The molecule has 0 unspecified atom stereocenters. The summed E-state index contributed by atoms with van der Waals surface area (Å²) in [6.45, 7) is 2.28. The van der Waals surface area contributed by atoms with Crippen molar-refractivity contribution in [1.82, 2.24) is 0 Å². The highest BCUT2D eigenvalue weighted by Crippen LogP contribution is 2.64. The molecular formula is C8H15N. The van der Waals surface area contributed by atoms with Crippen molar-refractivity contribution in [3.63, 3.8) is 0 Å². The van der Waals surface area contributed by atoms with Crippen LogP contribution < -0.4 is 5.73 Å². The van der Waals surface area contributed by atoms with E-state index < -0.39 is 0 Å². The van der Waals surface area contributed by atoms with Crippen molar-refractivity contribution in [3.8, 4) is 0 Å². The van der Waals surface area contributed by atoms with Gasteiger partial charge in [0.15, 0.2) is 0 Å². The van der Waals surface area contributed by atoms with Crippen LogP contribution in [0.3, 0.4) is 0 Å². The minimum absolute atomic E-state index is 0.307. The summed E-state index contributed by atoms with van der Waals surface area (Å²) in [7, 11) is 0. The standard InChI is InChI=1S/C8H15N/c1-2-7-3-5-8(7,9)6-4-7/h2-6,9H2,1H3. The summed E-state index contributed by atoms with van der Waals surface area (Å²) >= 11 is 0. The van der Waals surface area contributed by atoms with Crippen molar-refractivity contribution in [2.75, 3.05) is 0 Å². The molecule has 52 valence electrons. The molecule has 0 saturated heterocycles. The number of rotatable bonds is 1. The molecule has 0 amide bonds. The van der Waals surface area contributed by atoms with E-state index in [2.05, 4.69) is 6.92 Å². The molecule has 1 heteroatoms. The number of hydrogen-bond acceptors (Lipinski definition) is 1. The molecule has 9 heavy (non-hydrogen) atoms. The molecule has 0 bridgehead atoms. The van der Waals surface area contributed by atoms with Crippen LogP contribution in [-0.2, 0) is 0 Å². The van der Waals surface area contributed by atoms with Gasteiger partial charge in [0.05, 0.1) is 0 Å². The van der Waals surface area contributed by atoms with Crippen LogP contribution in [0.4, 0.5) is 0 Å². The van der Waals surface area contributed by atoms with Crippen molar-refractivity contribution in [2.24, 2.45) is 11.1 Å². The molecule has 0 spiro atoms. The summed E-state index contributed by atoms with van der Waals surface area (Å²) in [4.78, 5) is 0. The molecule has 0 heterocycles. The van der Waals surface area contributed by atoms with Gasteiger partial charge in [-0.15, -0.1) is 0 Å². The first-order valence-electron chi connectivity index (χ1n) is 4.01. The third-order valence-corrected chi connectivity index (χ3v) is 3.83. The van der Waals surface area contributed by atoms with Crippen molar-refractivity contribution in [3.05, 3.63) is 0 Å². The van der Waals surface area contributed by atoms with Gasteiger partial charge in [-0.05, 0) is 37.5 Å². The molecule has 0 aliphatic heterocycles. The van der Waals surface area contributed by atoms with Crippen molar-refractivity contribution >= 4 is 0 Å². The Labute approximate surface area is 56.6 Å². The van der Waals surface area contributed by atoms with E-state index in [1.54, 1.807) is 0 Å². The van der Waals surface area contributed by atoms with Gasteiger partial charge in [0, 0.05) is 5.54 Å². The maximum absolute atomic E-state index is 6.10. The molecule has 0 aromatic rings. The molecule has 2 aliphatic rings. The highest BCUT2D eigenvalue weighted by Gasteiger charge is 2.61. The highest BCUT2D eigenvalue weighted by molar-refractivity contribution is 5.18. The number of nitrogens with two attached hydrogens (primary N) is 1. The molecular weight excluding hydrogens is 110 g/mol. The predicted octanol–water partition coefficient (Wildman–Crippen LogP) is 1.67. The van der Waals surface area contributed by atoms with Crippen LogP contribution in [0.1, 0.15) is 39.0 Å². The van der Waals surface area contributed by atoms with Gasteiger partial charge in [0.25, 0.3) is 0 Å². The second-order valence-electron chi connectivity index (χ2n) is 3.79. The minimum Gasteiger partial charge on any atom is -0.325 e. The lowest BCUT2D eigenvalue weighted by Gasteiger charge is -2.66. The van der Waals surface area contributed by atoms with Crippen molar-refractivity contribution in [2.45, 2.75) is 44.6 Å². The van der Waals surface area contributed by atoms with E-state index in [4.69, 9.17) is 5.73 Å². The molecule has 1 nitrogen and oxygen atoms in total. The lowest BCUT2D eigenvalue weighted by Crippen LogP contribution is -2.70. The molecule has 2 rings (SSSR count). The lowest BCUT2D eigenvalue weighted by atomic mass is 9.42. The zero-order valence-corrected chi connectivity index (χ0v) is 6.11. The summed E-state index contributed by atoms with van der Waals surface area (Å²) in [6.07, 6.45) is 6.70. The Bertz CT molecular complexity index is 126. The van der Waals surface area contributed by atoms with E-state index in [9.17, 15) is 0 Å². The summed E-state index contributed by atoms with van der Waals surface area (Å²) in [5.41, 5.74) is 7.02. The fourth-order valence-corrected chi connectivity index (χ4v) is 2.55. The smallest absolute Gasteiger partial charge is 0.0211 e. The summed E-state index contributed by atoms with van der Waals surface area (Å²) in [6, 6.07) is 0. The maximum atomic E-state index is 6.10. The predicted molar refractivity (Wildman–Crippen MR) is 38.1 cm³/mol. The molecule has 0 radical (unpaired) electrons. The topological polar surface area (TPSA) is 26.0 Å². The van der Waals surface area contributed by atoms with E-state index in [0.717, 1.165) is 0 Å². The zero-order valence-electron chi connectivity index (χ0n) is 6.11. The van der Waals surface area contributed by atoms with Crippen LogP contribution in [0, 0.1) is 5.41 Å². The van der Waals surface area contributed by atoms with Gasteiger partial charge in [-0.2, -0.15) is 0 Å². The fourth-order valence-electron chi connectivity index (χ4n) is 2.55. The van der Waals surface area contributed by atoms with E-state index in [0.29, 0.717) is 11.0 Å². The Morgan fingerprint density at radius 1 is 1.22 bits per heavy atom. The Hall–Kier alpha value is -0.0400. The molecule has 2 N–H and O–H groups in total. The van der Waals surface area contributed by atoms with E-state index in [1.165, 1.54) is 32.1 Å². The van der Waals surface area contributed by atoms with Crippen LogP contribution in [0.2, 0.25) is 0 Å². The van der Waals surface area contributed by atoms with Crippen LogP contribution in [0.25, 0.3) is 0 Å². The molecule has 2 aliphatic carbocycles. The fraction of sp³-hybridized carbons (Fsp3) is 1.00. The third kappa shape index (κ3) is 0.420. The van der Waals surface area contributed by atoms with Gasteiger partial charge >= 0.3 is 0 Å². The third-order valence-electron chi connectivity index (χ3n) is 3.83. The Kier molecular flexibility index (Phi) is 0.852. The van der Waals surface area contributed by atoms with Gasteiger partial charge in [-0.1, -0.05) is 6.92 Å². The first-order chi connectivity index (χ1) is 4.22. The maximum Gasteiger partial charge on any atom is 0.0211 e. The second-order valence-corrected chi connectivity index (χ2v) is 3.79. The molecule has 2 saturated carbocycles. The van der Waals surface area contributed by atoms with Crippen LogP contribution in [-0.4, -0.2) is 5.54 Å². The first-order valence-corrected chi connectivity index (χ1v) is 4.01. The van der Waals surface area contributed by atoms with Gasteiger partial charge in [-0.3, -0.25) is 0 Å². The molecule has 0 aromatic heterocycles. The molecule has 0 atom stereocenters. The van der Waals surface area contributed by atoms with Crippen LogP contribution in [0.5, 0.6) is 0 Å². The monoisotopic (exact) mass is 125 g/mol. The highest BCUT2D eigenvalue weighted by atomic mass is 14.9.